The Hall–Kier alpha value is -2.44. The Bertz CT molecular complexity index is 1040. The zero-order chi connectivity index (χ0) is 21.7. The fraction of sp³-hybridized carbons (Fsp3) is 0.444. The number of aromatic nitrogens is 2. The van der Waals surface area contributed by atoms with Gasteiger partial charge in [0.15, 0.2) is 0 Å². The highest BCUT2D eigenvalue weighted by molar-refractivity contribution is 7.89. The van der Waals surface area contributed by atoms with Gasteiger partial charge in [-0.3, -0.25) is 0 Å². The molecule has 2 bridgehead atoms. The molecular formula is C18H19F3N4O4S. The molecule has 1 heterocycles. The van der Waals surface area contributed by atoms with Crippen LogP contribution >= 0.6 is 0 Å². The van der Waals surface area contributed by atoms with Gasteiger partial charge in [-0.2, -0.15) is 18.2 Å². The Kier molecular flexibility index (Phi) is 5.11. The van der Waals surface area contributed by atoms with Crippen molar-refractivity contribution >= 4 is 21.7 Å². The molecule has 2 saturated carbocycles. The predicted molar refractivity (Wildman–Crippen MR) is 99.4 cm³/mol. The summed E-state index contributed by atoms with van der Waals surface area (Å²) < 4.78 is 68.4. The van der Waals surface area contributed by atoms with Gasteiger partial charge in [-0.1, -0.05) is 0 Å². The van der Waals surface area contributed by atoms with Crippen molar-refractivity contribution in [1.29, 1.82) is 0 Å². The molecule has 1 aromatic heterocycles. The van der Waals surface area contributed by atoms with Crippen molar-refractivity contribution in [3.63, 3.8) is 0 Å². The van der Waals surface area contributed by atoms with Crippen LogP contribution in [-0.2, 0) is 16.2 Å². The molecule has 30 heavy (non-hydrogen) atoms. The number of aliphatic hydroxyl groups excluding tert-OH is 1. The number of hydrogen-bond acceptors (Lipinski definition) is 7. The summed E-state index contributed by atoms with van der Waals surface area (Å²) in [5.74, 6) is -0.800. The van der Waals surface area contributed by atoms with E-state index in [1.807, 2.05) is 0 Å². The van der Waals surface area contributed by atoms with E-state index in [1.54, 1.807) is 0 Å². The van der Waals surface area contributed by atoms with E-state index in [4.69, 9.17) is 9.88 Å². The highest BCUT2D eigenvalue weighted by Crippen LogP contribution is 2.47. The zero-order valence-electron chi connectivity index (χ0n) is 15.5. The summed E-state index contributed by atoms with van der Waals surface area (Å²) in [4.78, 5) is 7.44. The van der Waals surface area contributed by atoms with Crippen molar-refractivity contribution in [1.82, 2.24) is 9.97 Å². The molecular weight excluding hydrogens is 425 g/mol. The summed E-state index contributed by atoms with van der Waals surface area (Å²) in [6, 6.07) is 5.23. The highest BCUT2D eigenvalue weighted by atomic mass is 32.2. The zero-order valence-corrected chi connectivity index (χ0v) is 16.3. The SMILES string of the molecule is NS(=O)(=O)c1ccc(Nc2ncc(C(F)(F)F)c(O[C@H]3[C@@H]4CC[C@@H](C4)[C@H]3O)n2)cc1. The van der Waals surface area contributed by atoms with E-state index in [-0.39, 0.29) is 22.7 Å². The van der Waals surface area contributed by atoms with Crippen LogP contribution in [0.15, 0.2) is 35.4 Å². The van der Waals surface area contributed by atoms with Crippen molar-refractivity contribution in [2.75, 3.05) is 5.32 Å². The van der Waals surface area contributed by atoms with E-state index in [0.29, 0.717) is 11.9 Å². The lowest BCUT2D eigenvalue weighted by molar-refractivity contribution is -0.140. The van der Waals surface area contributed by atoms with Gasteiger partial charge in [-0.15, -0.1) is 0 Å². The number of nitrogens with one attached hydrogen (secondary N) is 1. The van der Waals surface area contributed by atoms with Crippen molar-refractivity contribution in [2.45, 2.75) is 42.5 Å². The van der Waals surface area contributed by atoms with E-state index in [0.717, 1.165) is 19.3 Å². The second kappa shape index (κ2) is 7.36. The molecule has 0 saturated heterocycles. The standard InChI is InChI=1S/C18H19F3N4O4S/c19-18(20,21)13-8-23-17(24-11-3-5-12(6-4-11)30(22,27)28)25-16(13)29-15-10-2-1-9(7-10)14(15)26/h3-6,8-10,14-15,26H,1-2,7H2,(H2,22,27,28)(H,23,24,25)/t9-,10+,14+,15-/m0/s1. The molecule has 0 aliphatic heterocycles. The quantitative estimate of drug-likeness (QED) is 0.646. The van der Waals surface area contributed by atoms with Crippen molar-refractivity contribution in [3.8, 4) is 5.88 Å². The Morgan fingerprint density at radius 2 is 1.83 bits per heavy atom. The van der Waals surface area contributed by atoms with Crippen LogP contribution in [-0.4, -0.2) is 35.7 Å². The maximum Gasteiger partial charge on any atom is 0.423 e. The molecule has 2 aromatic rings. The molecule has 2 aliphatic carbocycles. The van der Waals surface area contributed by atoms with Crippen molar-refractivity contribution in [2.24, 2.45) is 17.0 Å². The van der Waals surface area contributed by atoms with Gasteiger partial charge < -0.3 is 15.2 Å². The van der Waals surface area contributed by atoms with Crippen LogP contribution < -0.4 is 15.2 Å². The van der Waals surface area contributed by atoms with Crippen molar-refractivity contribution < 1.29 is 31.4 Å². The van der Waals surface area contributed by atoms with Crippen molar-refractivity contribution in [3.05, 3.63) is 36.0 Å². The number of rotatable bonds is 5. The number of halogens is 3. The molecule has 4 N–H and O–H groups in total. The number of alkyl halides is 3. The van der Waals surface area contributed by atoms with Crippen LogP contribution in [0.4, 0.5) is 24.8 Å². The van der Waals surface area contributed by atoms with Crippen LogP contribution in [0.25, 0.3) is 0 Å². The number of primary sulfonamides is 1. The number of sulfonamides is 1. The van der Waals surface area contributed by atoms with Gasteiger partial charge in [0.25, 0.3) is 0 Å². The van der Waals surface area contributed by atoms with E-state index < -0.39 is 39.9 Å². The first-order valence-corrected chi connectivity index (χ1v) is 10.8. The molecule has 0 radical (unpaired) electrons. The van der Waals surface area contributed by atoms with Crippen LogP contribution in [0.5, 0.6) is 5.88 Å². The minimum Gasteiger partial charge on any atom is -0.471 e. The number of anilines is 2. The summed E-state index contributed by atoms with van der Waals surface area (Å²) in [6.45, 7) is 0. The predicted octanol–water partition coefficient (Wildman–Crippen LogP) is 2.42. The third-order valence-corrected chi connectivity index (χ3v) is 6.47. The lowest BCUT2D eigenvalue weighted by Gasteiger charge is -2.28. The number of nitrogens with zero attached hydrogens (tertiary/aromatic N) is 2. The van der Waals surface area contributed by atoms with E-state index in [9.17, 15) is 26.7 Å². The van der Waals surface area contributed by atoms with Crippen LogP contribution in [0.1, 0.15) is 24.8 Å². The van der Waals surface area contributed by atoms with E-state index in [1.165, 1.54) is 24.3 Å². The Morgan fingerprint density at radius 1 is 1.17 bits per heavy atom. The van der Waals surface area contributed by atoms with E-state index in [2.05, 4.69) is 15.3 Å². The first-order valence-electron chi connectivity index (χ1n) is 9.21. The van der Waals surface area contributed by atoms with Crippen LogP contribution in [0.3, 0.4) is 0 Å². The highest BCUT2D eigenvalue weighted by Gasteiger charge is 2.49. The van der Waals surface area contributed by atoms with Gasteiger partial charge in [-0.25, -0.2) is 18.5 Å². The molecule has 2 fully saturated rings. The topological polar surface area (TPSA) is 127 Å². The maximum atomic E-state index is 13.4. The molecule has 1 aromatic carbocycles. The van der Waals surface area contributed by atoms with Gasteiger partial charge in [0.1, 0.15) is 11.7 Å². The number of ether oxygens (including phenoxy) is 1. The molecule has 0 unspecified atom stereocenters. The Labute approximate surface area is 170 Å². The van der Waals surface area contributed by atoms with Crippen LogP contribution in [0, 0.1) is 11.8 Å². The summed E-state index contributed by atoms with van der Waals surface area (Å²) >= 11 is 0. The van der Waals surface area contributed by atoms with Gasteiger partial charge in [-0.05, 0) is 55.4 Å². The molecule has 12 heteroatoms. The molecule has 4 atom stereocenters. The normalized spacial score (nSPS) is 26.0. The largest absolute Gasteiger partial charge is 0.471 e. The second-order valence-electron chi connectivity index (χ2n) is 7.51. The smallest absolute Gasteiger partial charge is 0.423 e. The molecule has 0 spiro atoms. The molecule has 4 rings (SSSR count). The fourth-order valence-corrected chi connectivity index (χ4v) is 4.59. The first-order chi connectivity index (χ1) is 14.0. The third kappa shape index (κ3) is 4.07. The summed E-state index contributed by atoms with van der Waals surface area (Å²) in [5, 5.41) is 18.0. The Balaban J connectivity index is 1.60. The minimum absolute atomic E-state index is 0.0109. The van der Waals surface area contributed by atoms with Gasteiger partial charge in [0.2, 0.25) is 21.9 Å². The molecule has 0 amide bonds. The van der Waals surface area contributed by atoms with E-state index >= 15 is 0 Å². The number of nitrogens with two attached hydrogens (primary N) is 1. The average molecular weight is 444 g/mol. The first kappa shape index (κ1) is 20.8. The lowest BCUT2D eigenvalue weighted by Crippen LogP contribution is -2.37. The number of fused-ring (bicyclic) bond motifs is 2. The number of benzene rings is 1. The van der Waals surface area contributed by atoms with Crippen LogP contribution in [0.2, 0.25) is 0 Å². The van der Waals surface area contributed by atoms with Gasteiger partial charge in [0.05, 0.1) is 11.0 Å². The third-order valence-electron chi connectivity index (χ3n) is 5.54. The summed E-state index contributed by atoms with van der Waals surface area (Å²) in [6.07, 6.45) is -3.34. The molecule has 162 valence electrons. The monoisotopic (exact) mass is 444 g/mol. The lowest BCUT2D eigenvalue weighted by atomic mass is 9.95. The summed E-state index contributed by atoms with van der Waals surface area (Å²) in [7, 11) is -3.87. The van der Waals surface area contributed by atoms with Gasteiger partial charge >= 0.3 is 6.18 Å². The number of aliphatic hydroxyl groups is 1. The second-order valence-corrected chi connectivity index (χ2v) is 9.07. The fourth-order valence-electron chi connectivity index (χ4n) is 4.07. The minimum atomic E-state index is -4.73. The maximum absolute atomic E-state index is 13.4. The summed E-state index contributed by atoms with van der Waals surface area (Å²) in [5.41, 5.74) is -0.791. The average Bonchev–Trinajstić information content (AvgIpc) is 3.24. The molecule has 2 aliphatic rings. The van der Waals surface area contributed by atoms with Gasteiger partial charge in [0, 0.05) is 11.9 Å². The molecule has 8 nitrogen and oxygen atoms in total. The number of hydrogen-bond donors (Lipinski definition) is 3. The Morgan fingerprint density at radius 3 is 2.40 bits per heavy atom.